The van der Waals surface area contributed by atoms with E-state index in [9.17, 15) is 4.79 Å². The first-order chi connectivity index (χ1) is 15.2. The van der Waals surface area contributed by atoms with Crippen molar-refractivity contribution in [2.24, 2.45) is 11.1 Å². The smallest absolute Gasteiger partial charge is 0.289 e. The van der Waals surface area contributed by atoms with Gasteiger partial charge >= 0.3 is 0 Å². The summed E-state index contributed by atoms with van der Waals surface area (Å²) in [6, 6.07) is 7.74. The van der Waals surface area contributed by atoms with Crippen LogP contribution < -0.4 is 16.0 Å². The molecular formula is C23H25N5O3. The van der Waals surface area contributed by atoms with Gasteiger partial charge in [-0.1, -0.05) is 11.2 Å². The Balaban J connectivity index is 1.42. The molecule has 3 heterocycles. The summed E-state index contributed by atoms with van der Waals surface area (Å²) in [7, 11) is 0. The summed E-state index contributed by atoms with van der Waals surface area (Å²) in [6.07, 6.45) is 6.97. The maximum atomic E-state index is 13.0. The highest BCUT2D eigenvalue weighted by atomic mass is 16.4. The molecule has 2 aromatic heterocycles. The molecule has 0 spiro atoms. The van der Waals surface area contributed by atoms with Gasteiger partial charge in [0, 0.05) is 29.4 Å². The number of rotatable bonds is 5. The molecule has 1 aliphatic carbocycles. The second-order valence-corrected chi connectivity index (χ2v) is 8.13. The number of anilines is 2. The number of oxime groups is 1. The fourth-order valence-electron chi connectivity index (χ4n) is 4.43. The second kappa shape index (κ2) is 8.39. The van der Waals surface area contributed by atoms with E-state index in [1.807, 2.05) is 24.3 Å². The van der Waals surface area contributed by atoms with E-state index in [4.69, 9.17) is 9.62 Å². The van der Waals surface area contributed by atoms with Gasteiger partial charge in [-0.15, -0.1) is 0 Å². The Kier molecular flexibility index (Phi) is 5.30. The predicted octanol–water partition coefficient (Wildman–Crippen LogP) is 3.43. The largest absolute Gasteiger partial charge is 0.447 e. The molecule has 5 rings (SSSR count). The van der Waals surface area contributed by atoms with E-state index in [2.05, 4.69) is 26.1 Å². The molecule has 1 aromatic carbocycles. The van der Waals surface area contributed by atoms with E-state index in [1.54, 1.807) is 12.4 Å². The van der Waals surface area contributed by atoms with E-state index >= 15 is 0 Å². The van der Waals surface area contributed by atoms with Crippen molar-refractivity contribution in [3.63, 3.8) is 0 Å². The molecular weight excluding hydrogens is 394 g/mol. The minimum atomic E-state index is -0.229. The summed E-state index contributed by atoms with van der Waals surface area (Å²) in [5.74, 6) is 0.509. The van der Waals surface area contributed by atoms with Crippen LogP contribution in [0, 0.1) is 5.92 Å². The number of furan rings is 1. The van der Waals surface area contributed by atoms with Crippen molar-refractivity contribution >= 4 is 34.0 Å². The van der Waals surface area contributed by atoms with Crippen LogP contribution in [0.2, 0.25) is 0 Å². The second-order valence-electron chi connectivity index (χ2n) is 8.13. The summed E-state index contributed by atoms with van der Waals surface area (Å²) in [5, 5.41) is 23.1. The third-order valence-corrected chi connectivity index (χ3v) is 6.15. The fourth-order valence-corrected chi connectivity index (χ4v) is 4.43. The first-order valence-corrected chi connectivity index (χ1v) is 10.7. The van der Waals surface area contributed by atoms with Gasteiger partial charge in [0.15, 0.2) is 5.58 Å². The van der Waals surface area contributed by atoms with E-state index in [-0.39, 0.29) is 11.7 Å². The number of hydrogen-bond donors (Lipinski definition) is 4. The maximum Gasteiger partial charge on any atom is 0.289 e. The van der Waals surface area contributed by atoms with Gasteiger partial charge in [0.1, 0.15) is 0 Å². The third kappa shape index (κ3) is 3.86. The van der Waals surface area contributed by atoms with E-state index in [1.165, 1.54) is 0 Å². The first kappa shape index (κ1) is 19.6. The number of benzene rings is 1. The van der Waals surface area contributed by atoms with Crippen molar-refractivity contribution in [2.45, 2.75) is 25.7 Å². The quantitative estimate of drug-likeness (QED) is 0.372. The normalized spacial score (nSPS) is 17.7. The molecule has 31 heavy (non-hydrogen) atoms. The molecule has 1 fully saturated rings. The molecule has 0 unspecified atom stereocenters. The van der Waals surface area contributed by atoms with Crippen LogP contribution >= 0.6 is 0 Å². The Bertz CT molecular complexity index is 1150. The molecule has 160 valence electrons. The Labute approximate surface area is 179 Å². The summed E-state index contributed by atoms with van der Waals surface area (Å²) in [6.45, 7) is 2.62. The molecule has 2 aliphatic rings. The minimum absolute atomic E-state index is 0.229. The topological polar surface area (TPSA) is 112 Å². The van der Waals surface area contributed by atoms with Gasteiger partial charge in [-0.25, -0.2) is 0 Å². The summed E-state index contributed by atoms with van der Waals surface area (Å²) < 4.78 is 5.90. The van der Waals surface area contributed by atoms with E-state index < -0.39 is 0 Å². The van der Waals surface area contributed by atoms with Crippen LogP contribution in [0.1, 0.15) is 40.9 Å². The van der Waals surface area contributed by atoms with Crippen LogP contribution in [-0.2, 0) is 6.42 Å². The number of hydrogen-bond acceptors (Lipinski definition) is 7. The molecule has 3 aromatic rings. The highest BCUT2D eigenvalue weighted by Gasteiger charge is 2.24. The average Bonchev–Trinajstić information content (AvgIpc) is 3.39. The number of nitrogens with zero attached hydrogens (tertiary/aromatic N) is 2. The van der Waals surface area contributed by atoms with Crippen molar-refractivity contribution in [1.29, 1.82) is 0 Å². The fraction of sp³-hybridized carbons (Fsp3) is 0.348. The number of carbonyl (C=O) groups excluding carboxylic acids is 1. The number of aryl methyl sites for hydroxylation is 1. The molecule has 8 nitrogen and oxygen atoms in total. The molecule has 0 saturated carbocycles. The number of pyridine rings is 1. The van der Waals surface area contributed by atoms with Gasteiger partial charge < -0.3 is 25.6 Å². The molecule has 8 heteroatoms. The number of carbonyl (C=O) groups is 1. The van der Waals surface area contributed by atoms with Gasteiger partial charge in [-0.2, -0.15) is 0 Å². The highest BCUT2D eigenvalue weighted by molar-refractivity contribution is 6.07. The zero-order valence-electron chi connectivity index (χ0n) is 17.1. The Hall–Kier alpha value is -3.39. The van der Waals surface area contributed by atoms with Crippen LogP contribution in [0.15, 0.2) is 46.2 Å². The van der Waals surface area contributed by atoms with E-state index in [0.717, 1.165) is 61.0 Å². The number of piperidine rings is 1. The lowest BCUT2D eigenvalue weighted by Crippen LogP contribution is -2.36. The number of nitrogens with one attached hydrogen (secondary N) is 3. The van der Waals surface area contributed by atoms with Gasteiger partial charge in [-0.05, 0) is 68.5 Å². The zero-order valence-corrected chi connectivity index (χ0v) is 17.1. The lowest BCUT2D eigenvalue weighted by molar-refractivity contribution is 0.0919. The van der Waals surface area contributed by atoms with Crippen LogP contribution in [-0.4, -0.2) is 41.4 Å². The van der Waals surface area contributed by atoms with Crippen molar-refractivity contribution in [3.05, 3.63) is 53.5 Å². The monoisotopic (exact) mass is 419 g/mol. The average molecular weight is 419 g/mol. The SMILES string of the molecule is O=C(NCC1CCNCC1)c1oc2cnccc2c1Nc1ccc2c(c1)CC/C2=N\O. The predicted molar refractivity (Wildman–Crippen MR) is 118 cm³/mol. The summed E-state index contributed by atoms with van der Waals surface area (Å²) in [5.41, 5.74) is 4.84. The highest BCUT2D eigenvalue weighted by Crippen LogP contribution is 2.34. The Morgan fingerprint density at radius 2 is 2.13 bits per heavy atom. The lowest BCUT2D eigenvalue weighted by Gasteiger charge is -2.22. The molecule has 1 aliphatic heterocycles. The van der Waals surface area contributed by atoms with Crippen LogP contribution in [0.5, 0.6) is 0 Å². The van der Waals surface area contributed by atoms with Gasteiger partial charge in [0.2, 0.25) is 5.76 Å². The van der Waals surface area contributed by atoms with Gasteiger partial charge in [0.25, 0.3) is 5.91 Å². The summed E-state index contributed by atoms with van der Waals surface area (Å²) >= 11 is 0. The third-order valence-electron chi connectivity index (χ3n) is 6.15. The lowest BCUT2D eigenvalue weighted by atomic mass is 9.98. The molecule has 1 amide bonds. The van der Waals surface area contributed by atoms with Crippen LogP contribution in [0.4, 0.5) is 11.4 Å². The first-order valence-electron chi connectivity index (χ1n) is 10.7. The number of amides is 1. The van der Waals surface area contributed by atoms with Gasteiger partial charge in [0.05, 0.1) is 17.6 Å². The number of aromatic nitrogens is 1. The minimum Gasteiger partial charge on any atom is -0.447 e. The standard InChI is InChI=1S/C23H25N5O3/c29-23(26-12-14-5-8-24-9-6-14)22-21(18-7-10-25-13-20(18)31-22)27-16-2-3-17-15(11-16)1-4-19(17)28-30/h2-3,7,10-11,13-14,24,27,30H,1,4-6,8-9,12H2,(H,26,29)/b28-19+. The van der Waals surface area contributed by atoms with Crippen LogP contribution in [0.25, 0.3) is 11.0 Å². The van der Waals surface area contributed by atoms with Crippen molar-refractivity contribution < 1.29 is 14.4 Å². The zero-order chi connectivity index (χ0) is 21.2. The molecule has 0 atom stereocenters. The maximum absolute atomic E-state index is 13.0. The van der Waals surface area contributed by atoms with E-state index in [0.29, 0.717) is 29.4 Å². The number of fused-ring (bicyclic) bond motifs is 2. The van der Waals surface area contributed by atoms with Crippen molar-refractivity contribution in [1.82, 2.24) is 15.6 Å². The Morgan fingerprint density at radius 1 is 1.26 bits per heavy atom. The molecule has 0 bridgehead atoms. The molecule has 1 saturated heterocycles. The Morgan fingerprint density at radius 3 is 2.97 bits per heavy atom. The summed E-state index contributed by atoms with van der Waals surface area (Å²) in [4.78, 5) is 17.1. The van der Waals surface area contributed by atoms with Gasteiger partial charge in [-0.3, -0.25) is 9.78 Å². The van der Waals surface area contributed by atoms with Crippen molar-refractivity contribution in [2.75, 3.05) is 25.0 Å². The molecule has 4 N–H and O–H groups in total. The van der Waals surface area contributed by atoms with Crippen molar-refractivity contribution in [3.8, 4) is 0 Å². The van der Waals surface area contributed by atoms with Crippen LogP contribution in [0.3, 0.4) is 0 Å². The molecule has 0 radical (unpaired) electrons.